The quantitative estimate of drug-likeness (QED) is 0.713. The number of pyridine rings is 2. The summed E-state index contributed by atoms with van der Waals surface area (Å²) in [5.41, 5.74) is 2.45. The van der Waals surface area contributed by atoms with Crippen molar-refractivity contribution in [3.63, 3.8) is 0 Å². The zero-order chi connectivity index (χ0) is 20.0. The molecule has 152 valence electrons. The van der Waals surface area contributed by atoms with Gasteiger partial charge in [-0.15, -0.1) is 0 Å². The highest BCUT2D eigenvalue weighted by molar-refractivity contribution is 6.05. The lowest BCUT2D eigenvalue weighted by atomic mass is 9.87. The van der Waals surface area contributed by atoms with Crippen molar-refractivity contribution >= 4 is 27.8 Å². The smallest absolute Gasteiger partial charge is 0.236 e. The van der Waals surface area contributed by atoms with E-state index in [9.17, 15) is 9.90 Å². The number of piperidine rings is 1. The van der Waals surface area contributed by atoms with Gasteiger partial charge in [0.05, 0.1) is 23.9 Å². The number of H-pyrrole nitrogens is 1. The van der Waals surface area contributed by atoms with E-state index in [0.717, 1.165) is 42.5 Å². The van der Waals surface area contributed by atoms with Crippen LogP contribution in [0.15, 0.2) is 30.7 Å². The van der Waals surface area contributed by atoms with Gasteiger partial charge in [-0.1, -0.05) is 0 Å². The van der Waals surface area contributed by atoms with E-state index in [1.165, 1.54) is 10.9 Å². The van der Waals surface area contributed by atoms with Crippen molar-refractivity contribution in [3.8, 4) is 0 Å². The Morgan fingerprint density at radius 2 is 2.10 bits per heavy atom. The van der Waals surface area contributed by atoms with Gasteiger partial charge in [0.15, 0.2) is 5.65 Å². The third-order valence-corrected chi connectivity index (χ3v) is 6.51. The highest BCUT2D eigenvalue weighted by Crippen LogP contribution is 2.35. The van der Waals surface area contributed by atoms with Crippen LogP contribution in [0.2, 0.25) is 0 Å². The van der Waals surface area contributed by atoms with Gasteiger partial charge < -0.3 is 15.0 Å². The number of hydrogen-bond donors (Lipinski definition) is 2. The minimum Gasteiger partial charge on any atom is -0.388 e. The number of aliphatic hydroxyl groups is 1. The number of carbonyl (C=O) groups excluding carboxylic acids is 1. The molecule has 2 saturated heterocycles. The Labute approximate surface area is 169 Å². The zero-order valence-corrected chi connectivity index (χ0v) is 16.8. The van der Waals surface area contributed by atoms with Gasteiger partial charge in [0.2, 0.25) is 5.91 Å². The summed E-state index contributed by atoms with van der Waals surface area (Å²) >= 11 is 0. The van der Waals surface area contributed by atoms with E-state index in [0.29, 0.717) is 32.0 Å². The predicted molar refractivity (Wildman–Crippen MR) is 112 cm³/mol. The third kappa shape index (κ3) is 3.49. The number of carbonyl (C=O) groups is 1. The molecule has 5 rings (SSSR count). The maximum atomic E-state index is 12.6. The lowest BCUT2D eigenvalue weighted by Gasteiger charge is -2.33. The number of aromatic nitrogens is 3. The summed E-state index contributed by atoms with van der Waals surface area (Å²) in [6.45, 7) is 5.19. The number of hydrogen-bond acceptors (Lipinski definition) is 5. The molecule has 1 unspecified atom stereocenters. The van der Waals surface area contributed by atoms with Gasteiger partial charge in [0.1, 0.15) is 0 Å². The van der Waals surface area contributed by atoms with Gasteiger partial charge in [-0.3, -0.25) is 9.69 Å². The molecule has 2 N–H and O–H groups in total. The standard InChI is InChI=1S/C22H27N5O2/c1-22(29)6-11-27(14-22)19(28)13-26-9-4-15(5-10-26)16-2-7-23-18-12-25-21-17(20(16)18)3-8-24-21/h2-3,7-8,12,15,23,29H,4-6,9-11,13-14H2,1H3. The molecule has 2 aliphatic heterocycles. The average molecular weight is 393 g/mol. The molecule has 2 aliphatic rings. The molecule has 0 bridgehead atoms. The highest BCUT2D eigenvalue weighted by Gasteiger charge is 2.34. The van der Waals surface area contributed by atoms with Gasteiger partial charge >= 0.3 is 0 Å². The van der Waals surface area contributed by atoms with E-state index in [1.807, 2.05) is 31.6 Å². The molecule has 0 saturated carbocycles. The Hall–Kier alpha value is -2.51. The van der Waals surface area contributed by atoms with Crippen LogP contribution in [-0.2, 0) is 4.79 Å². The van der Waals surface area contributed by atoms with Gasteiger partial charge in [-0.2, -0.15) is 0 Å². The van der Waals surface area contributed by atoms with E-state index in [2.05, 4.69) is 25.9 Å². The minimum absolute atomic E-state index is 0.136. The number of fused-ring (bicyclic) bond motifs is 3. The lowest BCUT2D eigenvalue weighted by molar-refractivity contribution is -0.132. The van der Waals surface area contributed by atoms with Crippen molar-refractivity contribution in [2.24, 2.45) is 0 Å². The summed E-state index contributed by atoms with van der Waals surface area (Å²) in [6.07, 6.45) is 8.41. The number of nitrogens with zero attached hydrogens (tertiary/aromatic N) is 4. The number of likely N-dealkylation sites (tertiary alicyclic amines) is 2. The van der Waals surface area contributed by atoms with Gasteiger partial charge in [0, 0.05) is 36.3 Å². The Morgan fingerprint density at radius 1 is 1.28 bits per heavy atom. The summed E-state index contributed by atoms with van der Waals surface area (Å²) in [6, 6.07) is 4.23. The van der Waals surface area contributed by atoms with Crippen LogP contribution in [0.25, 0.3) is 21.9 Å². The van der Waals surface area contributed by atoms with Crippen LogP contribution >= 0.6 is 0 Å². The molecule has 1 atom stereocenters. The van der Waals surface area contributed by atoms with Crippen LogP contribution in [0.1, 0.15) is 37.7 Å². The summed E-state index contributed by atoms with van der Waals surface area (Å²) in [7, 11) is 0. The summed E-state index contributed by atoms with van der Waals surface area (Å²) in [5.74, 6) is 0.600. The van der Waals surface area contributed by atoms with Crippen LogP contribution in [0.3, 0.4) is 0 Å². The van der Waals surface area contributed by atoms with Gasteiger partial charge in [-0.25, -0.2) is 9.97 Å². The van der Waals surface area contributed by atoms with Crippen LogP contribution < -0.4 is 0 Å². The number of β-amino-alcohol motifs (C(OH)–C–C–N with tert-alkyl or cyclic N) is 1. The number of amides is 1. The van der Waals surface area contributed by atoms with E-state index in [1.54, 1.807) is 4.90 Å². The molecular weight excluding hydrogens is 366 g/mol. The topological polar surface area (TPSA) is 85.4 Å². The average Bonchev–Trinajstić information content (AvgIpc) is 3.34. The first-order valence-electron chi connectivity index (χ1n) is 10.4. The molecule has 0 spiro atoms. The van der Waals surface area contributed by atoms with E-state index >= 15 is 0 Å². The molecule has 0 aliphatic carbocycles. The number of rotatable bonds is 3. The second kappa shape index (κ2) is 7.07. The van der Waals surface area contributed by atoms with Crippen molar-refractivity contribution < 1.29 is 9.90 Å². The largest absolute Gasteiger partial charge is 0.388 e. The number of nitrogens with one attached hydrogen (secondary N) is 1. The fraction of sp³-hybridized carbons (Fsp3) is 0.500. The normalized spacial score (nSPS) is 24.0. The van der Waals surface area contributed by atoms with Crippen molar-refractivity contribution in [1.82, 2.24) is 24.8 Å². The van der Waals surface area contributed by atoms with Crippen molar-refractivity contribution in [2.45, 2.75) is 37.7 Å². The summed E-state index contributed by atoms with van der Waals surface area (Å²) in [4.78, 5) is 28.8. The Kier molecular flexibility index (Phi) is 4.52. The molecular formula is C22H27N5O2. The van der Waals surface area contributed by atoms with E-state index in [4.69, 9.17) is 0 Å². The van der Waals surface area contributed by atoms with Crippen molar-refractivity contribution in [2.75, 3.05) is 32.7 Å². The minimum atomic E-state index is -0.732. The van der Waals surface area contributed by atoms with Crippen LogP contribution in [0.4, 0.5) is 0 Å². The van der Waals surface area contributed by atoms with Crippen LogP contribution in [0, 0.1) is 0 Å². The first-order chi connectivity index (χ1) is 14.0. The van der Waals surface area contributed by atoms with Crippen LogP contribution in [0.5, 0.6) is 0 Å². The molecule has 0 aromatic carbocycles. The number of aromatic amines is 1. The fourth-order valence-electron chi connectivity index (χ4n) is 4.88. The molecule has 29 heavy (non-hydrogen) atoms. The van der Waals surface area contributed by atoms with Crippen molar-refractivity contribution in [1.29, 1.82) is 0 Å². The van der Waals surface area contributed by atoms with Crippen LogP contribution in [-0.4, -0.2) is 74.1 Å². The second-order valence-corrected chi connectivity index (χ2v) is 8.77. The maximum absolute atomic E-state index is 12.6. The lowest BCUT2D eigenvalue weighted by Crippen LogP contribution is -2.43. The molecule has 3 aromatic heterocycles. The molecule has 1 amide bonds. The summed E-state index contributed by atoms with van der Waals surface area (Å²) in [5, 5.41) is 12.4. The second-order valence-electron chi connectivity index (χ2n) is 8.77. The Balaban J connectivity index is 1.29. The van der Waals surface area contributed by atoms with E-state index in [-0.39, 0.29) is 5.91 Å². The van der Waals surface area contributed by atoms with Gasteiger partial charge in [-0.05, 0) is 62.9 Å². The highest BCUT2D eigenvalue weighted by atomic mass is 16.3. The third-order valence-electron chi connectivity index (χ3n) is 6.51. The zero-order valence-electron chi connectivity index (χ0n) is 16.8. The Morgan fingerprint density at radius 3 is 2.86 bits per heavy atom. The maximum Gasteiger partial charge on any atom is 0.236 e. The molecule has 5 heterocycles. The molecule has 7 nitrogen and oxygen atoms in total. The first-order valence-corrected chi connectivity index (χ1v) is 10.4. The first kappa shape index (κ1) is 18.5. The molecule has 3 aromatic rings. The monoisotopic (exact) mass is 393 g/mol. The van der Waals surface area contributed by atoms with Gasteiger partial charge in [0.25, 0.3) is 0 Å². The fourth-order valence-corrected chi connectivity index (χ4v) is 4.88. The molecule has 0 radical (unpaired) electrons. The predicted octanol–water partition coefficient (Wildman–Crippen LogP) is 2.27. The Bertz CT molecular complexity index is 1050. The van der Waals surface area contributed by atoms with Crippen molar-refractivity contribution in [3.05, 3.63) is 36.3 Å². The van der Waals surface area contributed by atoms with E-state index < -0.39 is 5.60 Å². The molecule has 2 fully saturated rings. The SMILES string of the molecule is CC1(O)CCN(C(=O)CN2CCC(c3cc[nH]c4cnc5nccc5c34)CC2)C1. The summed E-state index contributed by atoms with van der Waals surface area (Å²) < 4.78 is 0. The molecule has 7 heteroatoms.